The molecule has 0 amide bonds. The van der Waals surface area contributed by atoms with Crippen molar-refractivity contribution in [2.75, 3.05) is 6.61 Å². The highest BCUT2D eigenvalue weighted by molar-refractivity contribution is 5.74. The van der Waals surface area contributed by atoms with E-state index in [1.807, 2.05) is 24.5 Å². The fourth-order valence-electron chi connectivity index (χ4n) is 1.71. The van der Waals surface area contributed by atoms with Crippen molar-refractivity contribution in [2.24, 2.45) is 0 Å². The maximum atomic E-state index is 5.37. The third-order valence-electron chi connectivity index (χ3n) is 2.67. The zero-order valence-corrected chi connectivity index (χ0v) is 8.10. The number of fused-ring (bicyclic) bond motifs is 1. The van der Waals surface area contributed by atoms with Crippen LogP contribution < -0.4 is 0 Å². The SMILES string of the molecule is CC1(Cn2cnc3ccccc32)CO1. The van der Waals surface area contributed by atoms with Crippen LogP contribution in [0.1, 0.15) is 6.92 Å². The van der Waals surface area contributed by atoms with Crippen molar-refractivity contribution in [3.63, 3.8) is 0 Å². The molecule has 1 fully saturated rings. The Kier molecular flexibility index (Phi) is 1.47. The first-order chi connectivity index (χ1) is 6.77. The van der Waals surface area contributed by atoms with Gasteiger partial charge in [0.25, 0.3) is 0 Å². The molecule has 0 aliphatic carbocycles. The van der Waals surface area contributed by atoms with Crippen LogP contribution in [0.2, 0.25) is 0 Å². The number of hydrogen-bond acceptors (Lipinski definition) is 2. The summed E-state index contributed by atoms with van der Waals surface area (Å²) < 4.78 is 7.52. The van der Waals surface area contributed by atoms with Crippen LogP contribution in [0.3, 0.4) is 0 Å². The van der Waals surface area contributed by atoms with Crippen LogP contribution in [0, 0.1) is 0 Å². The van der Waals surface area contributed by atoms with Crippen LogP contribution in [0.25, 0.3) is 11.0 Å². The number of benzene rings is 1. The molecule has 3 rings (SSSR count). The fraction of sp³-hybridized carbons (Fsp3) is 0.364. The van der Waals surface area contributed by atoms with Gasteiger partial charge in [0, 0.05) is 0 Å². The van der Waals surface area contributed by atoms with Gasteiger partial charge in [-0.3, -0.25) is 0 Å². The van der Waals surface area contributed by atoms with Crippen molar-refractivity contribution in [1.82, 2.24) is 9.55 Å². The van der Waals surface area contributed by atoms with Crippen LogP contribution >= 0.6 is 0 Å². The number of epoxide rings is 1. The summed E-state index contributed by atoms with van der Waals surface area (Å²) in [6.45, 7) is 3.88. The maximum Gasteiger partial charge on any atom is 0.107 e. The monoisotopic (exact) mass is 188 g/mol. The topological polar surface area (TPSA) is 30.4 Å². The number of para-hydroxylation sites is 2. The molecular formula is C11H12N2O. The van der Waals surface area contributed by atoms with Gasteiger partial charge in [-0.05, 0) is 19.1 Å². The molecule has 3 nitrogen and oxygen atoms in total. The Hall–Kier alpha value is -1.35. The number of aromatic nitrogens is 2. The molecule has 2 aromatic rings. The van der Waals surface area contributed by atoms with Crippen molar-refractivity contribution < 1.29 is 4.74 Å². The summed E-state index contributed by atoms with van der Waals surface area (Å²) in [4.78, 5) is 4.34. The zero-order valence-electron chi connectivity index (χ0n) is 8.10. The maximum absolute atomic E-state index is 5.37. The van der Waals surface area contributed by atoms with E-state index >= 15 is 0 Å². The van der Waals surface area contributed by atoms with Gasteiger partial charge in [-0.25, -0.2) is 4.98 Å². The van der Waals surface area contributed by atoms with Gasteiger partial charge in [0.15, 0.2) is 0 Å². The Morgan fingerprint density at radius 3 is 3.07 bits per heavy atom. The molecule has 3 heteroatoms. The zero-order chi connectivity index (χ0) is 9.60. The van der Waals surface area contributed by atoms with E-state index in [0.29, 0.717) is 0 Å². The van der Waals surface area contributed by atoms with Gasteiger partial charge in [-0.1, -0.05) is 12.1 Å². The average Bonchev–Trinajstić information content (AvgIpc) is 2.77. The molecule has 0 spiro atoms. The molecule has 0 N–H and O–H groups in total. The van der Waals surface area contributed by atoms with Crippen LogP contribution in [-0.2, 0) is 11.3 Å². The second-order valence-electron chi connectivity index (χ2n) is 4.10. The van der Waals surface area contributed by atoms with Gasteiger partial charge in [0.05, 0.1) is 30.5 Å². The summed E-state index contributed by atoms with van der Waals surface area (Å²) in [6, 6.07) is 8.17. The summed E-state index contributed by atoms with van der Waals surface area (Å²) in [5, 5.41) is 0. The molecule has 14 heavy (non-hydrogen) atoms. The lowest BCUT2D eigenvalue weighted by atomic mass is 10.2. The second-order valence-corrected chi connectivity index (χ2v) is 4.10. The molecule has 1 aromatic heterocycles. The van der Waals surface area contributed by atoms with E-state index in [-0.39, 0.29) is 5.60 Å². The number of imidazole rings is 1. The highest BCUT2D eigenvalue weighted by atomic mass is 16.6. The van der Waals surface area contributed by atoms with E-state index in [9.17, 15) is 0 Å². The number of nitrogens with zero attached hydrogens (tertiary/aromatic N) is 2. The van der Waals surface area contributed by atoms with Gasteiger partial charge < -0.3 is 9.30 Å². The summed E-state index contributed by atoms with van der Waals surface area (Å²) in [6.07, 6.45) is 1.89. The number of hydrogen-bond donors (Lipinski definition) is 0. The lowest BCUT2D eigenvalue weighted by Gasteiger charge is -2.06. The fourth-order valence-corrected chi connectivity index (χ4v) is 1.71. The first-order valence-electron chi connectivity index (χ1n) is 4.81. The molecule has 0 saturated carbocycles. The average molecular weight is 188 g/mol. The predicted molar refractivity (Wildman–Crippen MR) is 54.1 cm³/mol. The van der Waals surface area contributed by atoms with Gasteiger partial charge in [0.1, 0.15) is 5.60 Å². The van der Waals surface area contributed by atoms with E-state index in [0.717, 1.165) is 18.7 Å². The quantitative estimate of drug-likeness (QED) is 0.673. The smallest absolute Gasteiger partial charge is 0.107 e. The molecule has 1 unspecified atom stereocenters. The lowest BCUT2D eigenvalue weighted by molar-refractivity contribution is 0.296. The van der Waals surface area contributed by atoms with E-state index < -0.39 is 0 Å². The molecule has 72 valence electrons. The Labute approximate surface area is 82.3 Å². The lowest BCUT2D eigenvalue weighted by Crippen LogP contribution is -2.14. The Balaban J connectivity index is 2.04. The van der Waals surface area contributed by atoms with Gasteiger partial charge >= 0.3 is 0 Å². The van der Waals surface area contributed by atoms with Crippen LogP contribution in [0.4, 0.5) is 0 Å². The van der Waals surface area contributed by atoms with E-state index in [1.54, 1.807) is 0 Å². The molecule has 2 heterocycles. The first kappa shape index (κ1) is 8.00. The van der Waals surface area contributed by atoms with Crippen molar-refractivity contribution in [3.8, 4) is 0 Å². The van der Waals surface area contributed by atoms with E-state index in [2.05, 4.69) is 22.5 Å². The third-order valence-corrected chi connectivity index (χ3v) is 2.67. The first-order valence-corrected chi connectivity index (χ1v) is 4.81. The summed E-state index contributed by atoms with van der Waals surface area (Å²) in [7, 11) is 0. The number of rotatable bonds is 2. The summed E-state index contributed by atoms with van der Waals surface area (Å²) in [5.74, 6) is 0. The summed E-state index contributed by atoms with van der Waals surface area (Å²) >= 11 is 0. The standard InChI is InChI=1S/C11H12N2O/c1-11(7-14-11)6-13-8-12-9-4-2-3-5-10(9)13/h2-5,8H,6-7H2,1H3. The van der Waals surface area contributed by atoms with Gasteiger partial charge in [-0.15, -0.1) is 0 Å². The third kappa shape index (κ3) is 1.21. The van der Waals surface area contributed by atoms with E-state index in [4.69, 9.17) is 4.74 Å². The van der Waals surface area contributed by atoms with E-state index in [1.165, 1.54) is 5.52 Å². The Bertz CT molecular complexity index is 471. The number of ether oxygens (including phenoxy) is 1. The predicted octanol–water partition coefficient (Wildman–Crippen LogP) is 1.83. The molecule has 1 saturated heterocycles. The molecule has 0 bridgehead atoms. The molecule has 0 radical (unpaired) electrons. The Morgan fingerprint density at radius 2 is 2.29 bits per heavy atom. The minimum absolute atomic E-state index is 0.0451. The van der Waals surface area contributed by atoms with Gasteiger partial charge in [-0.2, -0.15) is 0 Å². The Morgan fingerprint density at radius 1 is 1.50 bits per heavy atom. The highest BCUT2D eigenvalue weighted by Gasteiger charge is 2.39. The van der Waals surface area contributed by atoms with Crippen LogP contribution in [0.5, 0.6) is 0 Å². The van der Waals surface area contributed by atoms with Crippen molar-refractivity contribution >= 4 is 11.0 Å². The molecule has 1 atom stereocenters. The molecular weight excluding hydrogens is 176 g/mol. The normalized spacial score (nSPS) is 25.5. The van der Waals surface area contributed by atoms with Crippen molar-refractivity contribution in [2.45, 2.75) is 19.1 Å². The van der Waals surface area contributed by atoms with Gasteiger partial charge in [0.2, 0.25) is 0 Å². The minimum Gasteiger partial charge on any atom is -0.368 e. The second kappa shape index (κ2) is 2.58. The largest absolute Gasteiger partial charge is 0.368 e. The molecule has 1 aromatic carbocycles. The van der Waals surface area contributed by atoms with Crippen LogP contribution in [0.15, 0.2) is 30.6 Å². The highest BCUT2D eigenvalue weighted by Crippen LogP contribution is 2.29. The van der Waals surface area contributed by atoms with Crippen LogP contribution in [-0.4, -0.2) is 21.8 Å². The minimum atomic E-state index is 0.0451. The summed E-state index contributed by atoms with van der Waals surface area (Å²) in [5.41, 5.74) is 2.28. The van der Waals surface area contributed by atoms with Crippen molar-refractivity contribution in [3.05, 3.63) is 30.6 Å². The van der Waals surface area contributed by atoms with Crippen molar-refractivity contribution in [1.29, 1.82) is 0 Å². The molecule has 1 aliphatic heterocycles. The molecule has 1 aliphatic rings.